The van der Waals surface area contributed by atoms with Gasteiger partial charge in [0, 0.05) is 11.1 Å². The van der Waals surface area contributed by atoms with Gasteiger partial charge in [-0.15, -0.1) is 11.8 Å². The van der Waals surface area contributed by atoms with Crippen LogP contribution in [0.25, 0.3) is 0 Å². The monoisotopic (exact) mass is 163 g/mol. The summed E-state index contributed by atoms with van der Waals surface area (Å²) in [6.45, 7) is 4.16. The van der Waals surface area contributed by atoms with E-state index < -0.39 is 0 Å². The van der Waals surface area contributed by atoms with E-state index in [1.54, 1.807) is 11.8 Å². The van der Waals surface area contributed by atoms with Crippen LogP contribution in [0.3, 0.4) is 0 Å². The quantitative estimate of drug-likeness (QED) is 0.273. The van der Waals surface area contributed by atoms with Gasteiger partial charge in [-0.25, -0.2) is 0 Å². The van der Waals surface area contributed by atoms with E-state index in [0.29, 0.717) is 6.04 Å². The van der Waals surface area contributed by atoms with Crippen molar-refractivity contribution in [3.05, 3.63) is 0 Å². The molecule has 0 saturated carbocycles. The third kappa shape index (κ3) is 8.37. The van der Waals surface area contributed by atoms with Gasteiger partial charge in [-0.2, -0.15) is 11.8 Å². The molecule has 0 spiro atoms. The lowest BCUT2D eigenvalue weighted by Gasteiger charge is -1.92. The van der Waals surface area contributed by atoms with Crippen molar-refractivity contribution in [3.63, 3.8) is 0 Å². The second-order valence-corrected chi connectivity index (χ2v) is 3.99. The van der Waals surface area contributed by atoms with Crippen LogP contribution in [0.2, 0.25) is 0 Å². The Morgan fingerprint density at radius 2 is 2.22 bits per heavy atom. The topological polar surface area (TPSA) is 12.4 Å². The largest absolute Gasteiger partial charge is 0.284 e. The maximum absolute atomic E-state index is 4.19. The van der Waals surface area contributed by atoms with Crippen LogP contribution in [0, 0.1) is 0 Å². The lowest BCUT2D eigenvalue weighted by atomic mass is 10.4. The van der Waals surface area contributed by atoms with Crippen LogP contribution in [0.15, 0.2) is 4.99 Å². The predicted molar refractivity (Wildman–Crippen MR) is 49.6 cm³/mol. The summed E-state index contributed by atoms with van der Waals surface area (Å²) in [7, 11) is 0. The van der Waals surface area contributed by atoms with Crippen molar-refractivity contribution in [1.82, 2.24) is 0 Å². The van der Waals surface area contributed by atoms with Gasteiger partial charge in [0.2, 0.25) is 0 Å². The van der Waals surface area contributed by atoms with E-state index in [-0.39, 0.29) is 0 Å². The van der Waals surface area contributed by atoms with E-state index in [1.165, 1.54) is 0 Å². The molecule has 0 fully saturated rings. The molecule has 0 aromatic carbocycles. The standard InChI is InChI=1S/C6H13NS2/c1-6(2)7-4-9-5-8-3/h4,6H,5H2,1-3H3. The fourth-order valence-electron chi connectivity index (χ4n) is 0.263. The van der Waals surface area contributed by atoms with Crippen molar-refractivity contribution in [2.24, 2.45) is 4.99 Å². The second-order valence-electron chi connectivity index (χ2n) is 1.92. The highest BCUT2D eigenvalue weighted by Gasteiger charge is 1.82. The van der Waals surface area contributed by atoms with E-state index in [9.17, 15) is 0 Å². The Labute approximate surface area is 65.7 Å². The van der Waals surface area contributed by atoms with Crippen LogP contribution in [-0.2, 0) is 0 Å². The minimum atomic E-state index is 0.444. The van der Waals surface area contributed by atoms with Gasteiger partial charge in [-0.1, -0.05) is 0 Å². The fourth-order valence-corrected chi connectivity index (χ4v) is 1.38. The molecule has 1 nitrogen and oxygen atoms in total. The molecule has 0 aliphatic rings. The molecule has 0 radical (unpaired) electrons. The van der Waals surface area contributed by atoms with Crippen LogP contribution in [0.5, 0.6) is 0 Å². The summed E-state index contributed by atoms with van der Waals surface area (Å²) >= 11 is 3.58. The minimum absolute atomic E-state index is 0.444. The zero-order chi connectivity index (χ0) is 7.11. The zero-order valence-corrected chi connectivity index (χ0v) is 7.76. The Kier molecular flexibility index (Phi) is 6.76. The number of rotatable bonds is 4. The van der Waals surface area contributed by atoms with Crippen LogP contribution in [-0.4, -0.2) is 22.9 Å². The Morgan fingerprint density at radius 1 is 1.56 bits per heavy atom. The highest BCUT2D eigenvalue weighted by atomic mass is 32.2. The molecule has 0 atom stereocenters. The summed E-state index contributed by atoms with van der Waals surface area (Å²) in [5.74, 6) is 0. The van der Waals surface area contributed by atoms with Crippen LogP contribution in [0.1, 0.15) is 13.8 Å². The summed E-state index contributed by atoms with van der Waals surface area (Å²) in [6, 6.07) is 0.444. The maximum Gasteiger partial charge on any atom is 0.0552 e. The molecule has 3 heteroatoms. The van der Waals surface area contributed by atoms with Crippen molar-refractivity contribution >= 4 is 29.1 Å². The summed E-state index contributed by atoms with van der Waals surface area (Å²) in [5, 5.41) is 1.11. The molecule has 0 amide bonds. The number of aliphatic imine (C=N–C) groups is 1. The summed E-state index contributed by atoms with van der Waals surface area (Å²) in [4.78, 5) is 4.19. The molecule has 0 bridgehead atoms. The van der Waals surface area contributed by atoms with Crippen molar-refractivity contribution < 1.29 is 0 Å². The molecule has 0 aromatic heterocycles. The van der Waals surface area contributed by atoms with Crippen molar-refractivity contribution in [3.8, 4) is 0 Å². The fraction of sp³-hybridized carbons (Fsp3) is 0.833. The first-order valence-electron chi connectivity index (χ1n) is 2.89. The Hall–Kier alpha value is 0.370. The Bertz CT molecular complexity index is 81.1. The summed E-state index contributed by atoms with van der Waals surface area (Å²) < 4.78 is 0. The Morgan fingerprint density at radius 3 is 2.67 bits per heavy atom. The van der Waals surface area contributed by atoms with Gasteiger partial charge in [0.15, 0.2) is 0 Å². The minimum Gasteiger partial charge on any atom is -0.284 e. The lowest BCUT2D eigenvalue weighted by Crippen LogP contribution is -1.86. The molecule has 0 rings (SSSR count). The van der Waals surface area contributed by atoms with Crippen molar-refractivity contribution in [2.75, 3.05) is 11.3 Å². The number of thioether (sulfide) groups is 2. The third-order valence-electron chi connectivity index (χ3n) is 0.619. The lowest BCUT2D eigenvalue weighted by molar-refractivity contribution is 0.843. The molecule has 0 heterocycles. The third-order valence-corrected chi connectivity index (χ3v) is 2.38. The molecule has 9 heavy (non-hydrogen) atoms. The molecule has 0 saturated heterocycles. The van der Waals surface area contributed by atoms with Gasteiger partial charge < -0.3 is 0 Å². The van der Waals surface area contributed by atoms with Gasteiger partial charge in [0.05, 0.1) is 5.55 Å². The van der Waals surface area contributed by atoms with Crippen LogP contribution < -0.4 is 0 Å². The van der Waals surface area contributed by atoms with Crippen molar-refractivity contribution in [2.45, 2.75) is 19.9 Å². The second kappa shape index (κ2) is 6.49. The van der Waals surface area contributed by atoms with Gasteiger partial charge in [0.1, 0.15) is 0 Å². The highest BCUT2D eigenvalue weighted by Crippen LogP contribution is 2.04. The van der Waals surface area contributed by atoms with Gasteiger partial charge >= 0.3 is 0 Å². The number of nitrogens with zero attached hydrogens (tertiary/aromatic N) is 1. The summed E-state index contributed by atoms with van der Waals surface area (Å²) in [5.41, 5.74) is 1.93. The normalized spacial score (nSPS) is 11.6. The highest BCUT2D eigenvalue weighted by molar-refractivity contribution is 8.22. The smallest absolute Gasteiger partial charge is 0.0552 e. The first-order chi connectivity index (χ1) is 4.27. The number of hydrogen-bond acceptors (Lipinski definition) is 3. The maximum atomic E-state index is 4.19. The van der Waals surface area contributed by atoms with Crippen molar-refractivity contribution in [1.29, 1.82) is 0 Å². The van der Waals surface area contributed by atoms with Gasteiger partial charge in [-0.3, -0.25) is 4.99 Å². The average Bonchev–Trinajstić information content (AvgIpc) is 1.80. The number of hydrogen-bond donors (Lipinski definition) is 0. The molecule has 0 aliphatic carbocycles. The molecular weight excluding hydrogens is 150 g/mol. The SMILES string of the molecule is CSCSC=NC(C)C. The first kappa shape index (κ1) is 9.37. The first-order valence-corrected chi connectivity index (χ1v) is 5.34. The van der Waals surface area contributed by atoms with E-state index in [1.807, 2.05) is 17.3 Å². The van der Waals surface area contributed by atoms with E-state index in [2.05, 4.69) is 25.1 Å². The summed E-state index contributed by atoms with van der Waals surface area (Å²) in [6.07, 6.45) is 2.09. The molecule has 0 aliphatic heterocycles. The van der Waals surface area contributed by atoms with Crippen LogP contribution >= 0.6 is 23.5 Å². The molecule has 0 aromatic rings. The average molecular weight is 163 g/mol. The zero-order valence-electron chi connectivity index (χ0n) is 6.13. The molecule has 54 valence electrons. The van der Waals surface area contributed by atoms with E-state index in [0.717, 1.165) is 5.08 Å². The van der Waals surface area contributed by atoms with E-state index in [4.69, 9.17) is 0 Å². The molecule has 0 N–H and O–H groups in total. The Balaban J connectivity index is 3.04. The molecule has 0 unspecified atom stereocenters. The van der Waals surface area contributed by atoms with Gasteiger partial charge in [0.25, 0.3) is 0 Å². The molecular formula is C6H13NS2. The van der Waals surface area contributed by atoms with Gasteiger partial charge in [-0.05, 0) is 20.1 Å². The van der Waals surface area contributed by atoms with Crippen LogP contribution in [0.4, 0.5) is 0 Å². The van der Waals surface area contributed by atoms with E-state index >= 15 is 0 Å². The predicted octanol–water partition coefficient (Wildman–Crippen LogP) is 2.48.